The van der Waals surface area contributed by atoms with Gasteiger partial charge in [-0.15, -0.1) is 0 Å². The molecule has 1 aliphatic rings. The Morgan fingerprint density at radius 1 is 0.561 bits per heavy atom. The quantitative estimate of drug-likeness (QED) is 0.127. The van der Waals surface area contributed by atoms with Gasteiger partial charge >= 0.3 is 0 Å². The van der Waals surface area contributed by atoms with Crippen LogP contribution in [0.3, 0.4) is 0 Å². The van der Waals surface area contributed by atoms with Gasteiger partial charge in [-0.1, -0.05) is 157 Å². The molecule has 0 aromatic carbocycles. The second-order valence-corrected chi connectivity index (χ2v) is 11.7. The zero-order chi connectivity index (χ0) is 30.7. The summed E-state index contributed by atoms with van der Waals surface area (Å²) in [6, 6.07) is 0. The van der Waals surface area contributed by atoms with E-state index < -0.39 is 0 Å². The van der Waals surface area contributed by atoms with E-state index in [0.29, 0.717) is 5.57 Å². The van der Waals surface area contributed by atoms with E-state index in [4.69, 9.17) is 0 Å². The highest BCUT2D eigenvalue weighted by atomic mass is 16.1. The molecule has 0 amide bonds. The van der Waals surface area contributed by atoms with Crippen molar-refractivity contribution in [3.05, 3.63) is 154 Å². The highest BCUT2D eigenvalue weighted by Gasteiger charge is 2.26. The fraction of sp³-hybridized carbons (Fsp3) is 0.325. The van der Waals surface area contributed by atoms with Crippen molar-refractivity contribution in [2.24, 2.45) is 5.41 Å². The van der Waals surface area contributed by atoms with Crippen LogP contribution < -0.4 is 0 Å². The van der Waals surface area contributed by atoms with Gasteiger partial charge in [0.1, 0.15) is 6.29 Å². The maximum Gasteiger partial charge on any atom is 0.145 e. The summed E-state index contributed by atoms with van der Waals surface area (Å²) in [5.41, 5.74) is 9.98. The molecule has 0 aromatic heterocycles. The summed E-state index contributed by atoms with van der Waals surface area (Å²) in [6.45, 7) is 19.3. The van der Waals surface area contributed by atoms with E-state index in [2.05, 4.69) is 127 Å². The van der Waals surface area contributed by atoms with Gasteiger partial charge in [-0.3, -0.25) is 4.79 Å². The molecule has 0 N–H and O–H groups in total. The van der Waals surface area contributed by atoms with Gasteiger partial charge < -0.3 is 0 Å². The average Bonchev–Trinajstić information content (AvgIpc) is 2.90. The molecule has 0 saturated heterocycles. The van der Waals surface area contributed by atoms with Crippen LogP contribution in [0.25, 0.3) is 0 Å². The first-order chi connectivity index (χ1) is 19.4. The van der Waals surface area contributed by atoms with Crippen LogP contribution >= 0.6 is 0 Å². The summed E-state index contributed by atoms with van der Waals surface area (Å²) in [7, 11) is 0. The van der Waals surface area contributed by atoms with Crippen LogP contribution in [0.2, 0.25) is 0 Å². The van der Waals surface area contributed by atoms with Gasteiger partial charge in [-0.05, 0) is 84.3 Å². The molecule has 0 bridgehead atoms. The van der Waals surface area contributed by atoms with Gasteiger partial charge in [0.25, 0.3) is 0 Å². The third-order valence-corrected chi connectivity index (χ3v) is 6.94. The zero-order valence-corrected chi connectivity index (χ0v) is 27.0. The molecule has 1 heteroatoms. The van der Waals surface area contributed by atoms with Crippen molar-refractivity contribution < 1.29 is 4.79 Å². The minimum Gasteiger partial charge on any atom is -0.298 e. The van der Waals surface area contributed by atoms with E-state index >= 15 is 0 Å². The van der Waals surface area contributed by atoms with Crippen LogP contribution in [-0.4, -0.2) is 6.29 Å². The minimum absolute atomic E-state index is 0.281. The van der Waals surface area contributed by atoms with Crippen molar-refractivity contribution in [1.82, 2.24) is 0 Å². The van der Waals surface area contributed by atoms with Crippen LogP contribution in [0.5, 0.6) is 0 Å². The second kappa shape index (κ2) is 19.4. The maximum atomic E-state index is 10.6. The lowest BCUT2D eigenvalue weighted by Crippen LogP contribution is -2.19. The van der Waals surface area contributed by atoms with Gasteiger partial charge in [0.2, 0.25) is 0 Å². The fourth-order valence-electron chi connectivity index (χ4n) is 4.36. The van der Waals surface area contributed by atoms with Crippen LogP contribution in [0.1, 0.15) is 81.6 Å². The molecular weight excluding hydrogens is 496 g/mol. The first kappa shape index (κ1) is 35.3. The normalized spacial score (nSPS) is 19.0. The lowest BCUT2D eigenvalue weighted by atomic mass is 9.72. The molecule has 0 saturated carbocycles. The van der Waals surface area contributed by atoms with Gasteiger partial charge in [-0.25, -0.2) is 0 Å². The van der Waals surface area contributed by atoms with Gasteiger partial charge in [0.15, 0.2) is 0 Å². The molecule has 0 radical (unpaired) electrons. The minimum atomic E-state index is 0.281. The Balaban J connectivity index is 2.61. The molecular formula is C40H52O. The number of allylic oxidation sites excluding steroid dienone is 26. The fourth-order valence-corrected chi connectivity index (χ4v) is 4.36. The lowest BCUT2D eigenvalue weighted by Gasteiger charge is -2.32. The Kier molecular flexibility index (Phi) is 16.7. The Morgan fingerprint density at radius 3 is 1.32 bits per heavy atom. The Morgan fingerprint density at radius 2 is 0.927 bits per heavy atom. The van der Waals surface area contributed by atoms with E-state index in [1.54, 1.807) is 13.0 Å². The third kappa shape index (κ3) is 16.2. The molecule has 41 heavy (non-hydrogen) atoms. The van der Waals surface area contributed by atoms with E-state index in [0.717, 1.165) is 11.9 Å². The number of hydrogen-bond donors (Lipinski definition) is 0. The topological polar surface area (TPSA) is 17.1 Å². The molecule has 0 aliphatic heterocycles. The molecule has 0 unspecified atom stereocenters. The number of rotatable bonds is 13. The summed E-state index contributed by atoms with van der Waals surface area (Å²) >= 11 is 0. The molecule has 0 spiro atoms. The van der Waals surface area contributed by atoms with Crippen LogP contribution in [-0.2, 0) is 4.79 Å². The second-order valence-electron chi connectivity index (χ2n) is 11.7. The van der Waals surface area contributed by atoms with E-state index in [1.807, 2.05) is 31.2 Å². The zero-order valence-electron chi connectivity index (χ0n) is 27.0. The van der Waals surface area contributed by atoms with Crippen molar-refractivity contribution in [3.63, 3.8) is 0 Å². The predicted molar refractivity (Wildman–Crippen MR) is 184 cm³/mol. The molecule has 1 nitrogen and oxygen atoms in total. The van der Waals surface area contributed by atoms with Gasteiger partial charge in [-0.2, -0.15) is 0 Å². The highest BCUT2D eigenvalue weighted by molar-refractivity contribution is 5.72. The van der Waals surface area contributed by atoms with Gasteiger partial charge in [0, 0.05) is 0 Å². The number of aldehydes is 1. The molecule has 0 atom stereocenters. The highest BCUT2D eigenvalue weighted by Crippen LogP contribution is 2.40. The number of hydrogen-bond acceptors (Lipinski definition) is 1. The first-order valence-electron chi connectivity index (χ1n) is 14.7. The maximum absolute atomic E-state index is 10.6. The van der Waals surface area contributed by atoms with Gasteiger partial charge in [0.05, 0.1) is 0 Å². The van der Waals surface area contributed by atoms with E-state index in [9.17, 15) is 4.79 Å². The SMILES string of the molecule is CC1=C(/C=C/C(C)=C/C=C/C(C)=C/C=C/C=C(C)/C=C/C=C(C)/C=C/C=C(C)/C=C\C=C(/C)C=O)C(C)(C)CCC1. The van der Waals surface area contributed by atoms with E-state index in [-0.39, 0.29) is 5.41 Å². The number of carbonyl (C=O) groups excluding carboxylic acids is 1. The summed E-state index contributed by atoms with van der Waals surface area (Å²) < 4.78 is 0. The molecule has 0 heterocycles. The summed E-state index contributed by atoms with van der Waals surface area (Å²) in [4.78, 5) is 10.6. The predicted octanol–water partition coefficient (Wildman–Crippen LogP) is 11.7. The van der Waals surface area contributed by atoms with Crippen molar-refractivity contribution in [2.45, 2.75) is 81.6 Å². The third-order valence-electron chi connectivity index (χ3n) is 6.94. The van der Waals surface area contributed by atoms with Crippen LogP contribution in [0.4, 0.5) is 0 Å². The summed E-state index contributed by atoms with van der Waals surface area (Å²) in [6.07, 6.45) is 42.2. The Bertz CT molecular complexity index is 1280. The van der Waals surface area contributed by atoms with Crippen molar-refractivity contribution in [1.29, 1.82) is 0 Å². The smallest absolute Gasteiger partial charge is 0.145 e. The largest absolute Gasteiger partial charge is 0.298 e. The van der Waals surface area contributed by atoms with Crippen molar-refractivity contribution in [3.8, 4) is 0 Å². The van der Waals surface area contributed by atoms with Crippen molar-refractivity contribution >= 4 is 6.29 Å². The number of carbonyl (C=O) groups is 1. The molecule has 218 valence electrons. The standard InChI is InChI=1S/C40H52O/c1-32(19-12-21-34(3)22-13-23-35(4)24-15-26-37(6)31-41)17-10-11-18-33(2)20-14-25-36(5)28-29-39-38(7)27-16-30-40(39,8)9/h10-15,17-26,28-29,31H,16,27,30H2,1-9H3/b11-10+,19-12+,20-14+,22-13+,24-15-,29-28+,32-17+,33-18+,34-21+,35-23+,36-25+,37-26+. The van der Waals surface area contributed by atoms with E-state index in [1.165, 1.54) is 52.7 Å². The monoisotopic (exact) mass is 548 g/mol. The molecule has 0 fully saturated rings. The molecule has 1 aliphatic carbocycles. The average molecular weight is 549 g/mol. The first-order valence-corrected chi connectivity index (χ1v) is 14.7. The summed E-state index contributed by atoms with van der Waals surface area (Å²) in [5, 5.41) is 0. The lowest BCUT2D eigenvalue weighted by molar-refractivity contribution is -0.104. The Hall–Kier alpha value is -3.71. The van der Waals surface area contributed by atoms with Crippen LogP contribution in [0.15, 0.2) is 154 Å². The molecule has 1 rings (SSSR count). The Labute approximate surface area is 251 Å². The molecule has 0 aromatic rings. The summed E-state index contributed by atoms with van der Waals surface area (Å²) in [5.74, 6) is 0. The van der Waals surface area contributed by atoms with Crippen molar-refractivity contribution in [2.75, 3.05) is 0 Å². The van der Waals surface area contributed by atoms with Crippen LogP contribution in [0, 0.1) is 5.41 Å².